The van der Waals surface area contributed by atoms with E-state index in [1.54, 1.807) is 23.7 Å². The lowest BCUT2D eigenvalue weighted by atomic mass is 9.66. The Morgan fingerprint density at radius 3 is 2.61 bits per heavy atom. The van der Waals surface area contributed by atoms with E-state index in [1.165, 1.54) is 0 Å². The molecule has 3 aliphatic heterocycles. The van der Waals surface area contributed by atoms with Gasteiger partial charge in [-0.05, 0) is 45.4 Å². The van der Waals surface area contributed by atoms with Crippen molar-refractivity contribution in [1.82, 2.24) is 15.5 Å². The monoisotopic (exact) mass is 411 g/mol. The maximum absolute atomic E-state index is 13.5. The number of fused-ring (bicyclic) bond motifs is 1. The standard InChI is InChI=1S/C20H33N3O4S/c1-11(2)22-18(26)16-20-12(3)10-13(28-20)14(17(25)21-4)15(20)19(27)23(16)8-6-5-7-9-24/h11-16,24H,5-10H2,1-4H3,(H,21,25)(H,22,26)/t12?,13-,14+,15-,16?,20?/m0/s1. The van der Waals surface area contributed by atoms with Crippen LogP contribution in [0.25, 0.3) is 0 Å². The average molecular weight is 412 g/mol. The first-order valence-corrected chi connectivity index (χ1v) is 11.3. The number of nitrogens with one attached hydrogen (secondary N) is 2. The lowest BCUT2D eigenvalue weighted by Gasteiger charge is -2.38. The smallest absolute Gasteiger partial charge is 0.244 e. The summed E-state index contributed by atoms with van der Waals surface area (Å²) in [7, 11) is 1.62. The average Bonchev–Trinajstić information content (AvgIpc) is 3.21. The highest BCUT2D eigenvalue weighted by molar-refractivity contribution is 8.02. The summed E-state index contributed by atoms with van der Waals surface area (Å²) < 4.78 is -0.533. The molecular weight excluding hydrogens is 378 g/mol. The Bertz CT molecular complexity index is 643. The zero-order chi connectivity index (χ0) is 20.6. The predicted molar refractivity (Wildman–Crippen MR) is 109 cm³/mol. The number of carbonyl (C=O) groups is 3. The molecule has 0 aliphatic carbocycles. The van der Waals surface area contributed by atoms with Crippen LogP contribution in [0.15, 0.2) is 0 Å². The van der Waals surface area contributed by atoms with Crippen molar-refractivity contribution in [2.45, 2.75) is 68.5 Å². The Hall–Kier alpha value is -1.28. The SMILES string of the molecule is CNC(=O)[C@@H]1[C@@H]2CC(C)C3(S2)C(C(=O)NC(C)C)N(CCCCCO)C(=O)[C@H]13. The lowest BCUT2D eigenvalue weighted by molar-refractivity contribution is -0.140. The Morgan fingerprint density at radius 2 is 2.00 bits per heavy atom. The Balaban J connectivity index is 1.96. The Kier molecular flexibility index (Phi) is 6.29. The number of amides is 3. The predicted octanol–water partition coefficient (Wildman–Crippen LogP) is 0.757. The molecule has 8 heteroatoms. The minimum Gasteiger partial charge on any atom is -0.396 e. The minimum atomic E-state index is -0.541. The lowest BCUT2D eigenvalue weighted by Crippen LogP contribution is -2.57. The Morgan fingerprint density at radius 1 is 1.29 bits per heavy atom. The van der Waals surface area contributed by atoms with Crippen LogP contribution in [-0.2, 0) is 14.4 Å². The molecule has 3 N–H and O–H groups in total. The fourth-order valence-electron chi connectivity index (χ4n) is 5.46. The fraction of sp³-hybridized carbons (Fsp3) is 0.850. The molecule has 3 amide bonds. The number of aliphatic hydroxyl groups is 1. The normalized spacial score (nSPS) is 36.1. The first-order chi connectivity index (χ1) is 13.3. The van der Waals surface area contributed by atoms with Gasteiger partial charge in [0.05, 0.1) is 16.6 Å². The van der Waals surface area contributed by atoms with Gasteiger partial charge in [-0.15, -0.1) is 11.8 Å². The van der Waals surface area contributed by atoms with Crippen molar-refractivity contribution < 1.29 is 19.5 Å². The third kappa shape index (κ3) is 3.22. The van der Waals surface area contributed by atoms with Crippen LogP contribution in [0.5, 0.6) is 0 Å². The van der Waals surface area contributed by atoms with E-state index in [4.69, 9.17) is 5.11 Å². The van der Waals surface area contributed by atoms with Crippen LogP contribution in [0.4, 0.5) is 0 Å². The third-order valence-electron chi connectivity index (χ3n) is 6.53. The van der Waals surface area contributed by atoms with Crippen molar-refractivity contribution in [3.05, 3.63) is 0 Å². The zero-order valence-corrected chi connectivity index (χ0v) is 18.1. The van der Waals surface area contributed by atoms with Crippen LogP contribution in [0.1, 0.15) is 46.5 Å². The number of nitrogens with zero attached hydrogens (tertiary/aromatic N) is 1. The topological polar surface area (TPSA) is 98.7 Å². The van der Waals surface area contributed by atoms with Gasteiger partial charge in [0.2, 0.25) is 17.7 Å². The second-order valence-electron chi connectivity index (χ2n) is 8.65. The van der Waals surface area contributed by atoms with E-state index < -0.39 is 16.7 Å². The molecule has 0 saturated carbocycles. The molecule has 0 aromatic carbocycles. The van der Waals surface area contributed by atoms with Gasteiger partial charge < -0.3 is 20.6 Å². The summed E-state index contributed by atoms with van der Waals surface area (Å²) >= 11 is 1.70. The van der Waals surface area contributed by atoms with E-state index in [0.717, 1.165) is 19.3 Å². The van der Waals surface area contributed by atoms with Crippen LogP contribution >= 0.6 is 11.8 Å². The van der Waals surface area contributed by atoms with E-state index in [9.17, 15) is 14.4 Å². The van der Waals surface area contributed by atoms with Crippen molar-refractivity contribution >= 4 is 29.5 Å². The second kappa shape index (κ2) is 8.22. The highest BCUT2D eigenvalue weighted by Crippen LogP contribution is 2.68. The molecule has 2 bridgehead atoms. The van der Waals surface area contributed by atoms with Crippen LogP contribution in [0.3, 0.4) is 0 Å². The quantitative estimate of drug-likeness (QED) is 0.512. The molecule has 158 valence electrons. The molecule has 0 aromatic heterocycles. The van der Waals surface area contributed by atoms with Gasteiger partial charge in [-0.3, -0.25) is 14.4 Å². The largest absolute Gasteiger partial charge is 0.396 e. The first-order valence-electron chi connectivity index (χ1n) is 10.4. The van der Waals surface area contributed by atoms with Gasteiger partial charge in [-0.1, -0.05) is 6.92 Å². The number of rotatable bonds is 8. The van der Waals surface area contributed by atoms with Crippen LogP contribution in [0.2, 0.25) is 0 Å². The molecule has 1 spiro atoms. The molecule has 3 heterocycles. The van der Waals surface area contributed by atoms with E-state index >= 15 is 0 Å². The molecule has 3 saturated heterocycles. The third-order valence-corrected chi connectivity index (χ3v) is 8.61. The maximum atomic E-state index is 13.5. The summed E-state index contributed by atoms with van der Waals surface area (Å²) in [5.74, 6) is -0.853. The number of hydrogen-bond donors (Lipinski definition) is 3. The number of aliphatic hydroxyl groups excluding tert-OH is 1. The van der Waals surface area contributed by atoms with Gasteiger partial charge in [0.25, 0.3) is 0 Å². The number of unbranched alkanes of at least 4 members (excludes halogenated alkanes) is 2. The molecule has 6 atom stereocenters. The number of thioether (sulfide) groups is 1. The molecule has 7 nitrogen and oxygen atoms in total. The van der Waals surface area contributed by atoms with E-state index in [2.05, 4.69) is 17.6 Å². The van der Waals surface area contributed by atoms with Crippen molar-refractivity contribution in [2.75, 3.05) is 20.2 Å². The van der Waals surface area contributed by atoms with E-state index in [0.29, 0.717) is 13.0 Å². The summed E-state index contributed by atoms with van der Waals surface area (Å²) in [6, 6.07) is -0.552. The second-order valence-corrected chi connectivity index (χ2v) is 10.2. The Labute approximate surface area is 171 Å². The molecule has 3 rings (SSSR count). The van der Waals surface area contributed by atoms with Crippen molar-refractivity contribution in [3.8, 4) is 0 Å². The van der Waals surface area contributed by atoms with Gasteiger partial charge >= 0.3 is 0 Å². The summed E-state index contributed by atoms with van der Waals surface area (Å²) in [4.78, 5) is 41.1. The maximum Gasteiger partial charge on any atom is 0.244 e. The van der Waals surface area contributed by atoms with Gasteiger partial charge in [-0.2, -0.15) is 0 Å². The number of carbonyl (C=O) groups excluding carboxylic acids is 3. The van der Waals surface area contributed by atoms with Gasteiger partial charge in [-0.25, -0.2) is 0 Å². The molecule has 3 aliphatic rings. The van der Waals surface area contributed by atoms with Gasteiger partial charge in [0.15, 0.2) is 0 Å². The summed E-state index contributed by atoms with van der Waals surface area (Å²) in [5, 5.41) is 14.9. The molecule has 3 fully saturated rings. The van der Waals surface area contributed by atoms with Crippen LogP contribution < -0.4 is 10.6 Å². The zero-order valence-electron chi connectivity index (χ0n) is 17.2. The van der Waals surface area contributed by atoms with Crippen molar-refractivity contribution in [3.63, 3.8) is 0 Å². The van der Waals surface area contributed by atoms with Crippen LogP contribution in [0, 0.1) is 17.8 Å². The fourth-order valence-corrected chi connectivity index (χ4v) is 7.88. The molecule has 3 unspecified atom stereocenters. The number of likely N-dealkylation sites (tertiary alicyclic amines) is 1. The van der Waals surface area contributed by atoms with E-state index in [1.807, 2.05) is 13.8 Å². The number of hydrogen-bond acceptors (Lipinski definition) is 5. The highest BCUT2D eigenvalue weighted by Gasteiger charge is 2.75. The minimum absolute atomic E-state index is 0.0112. The van der Waals surface area contributed by atoms with Gasteiger partial charge in [0.1, 0.15) is 6.04 Å². The summed E-state index contributed by atoms with van der Waals surface area (Å²) in [5.41, 5.74) is 0. The molecular formula is C20H33N3O4S. The molecule has 0 aromatic rings. The van der Waals surface area contributed by atoms with Gasteiger partial charge in [0, 0.05) is 31.5 Å². The highest BCUT2D eigenvalue weighted by atomic mass is 32.2. The summed E-state index contributed by atoms with van der Waals surface area (Å²) in [6.07, 6.45) is 3.10. The van der Waals surface area contributed by atoms with Crippen LogP contribution in [-0.4, -0.2) is 70.0 Å². The molecule has 0 radical (unpaired) electrons. The van der Waals surface area contributed by atoms with Crippen molar-refractivity contribution in [2.24, 2.45) is 17.8 Å². The van der Waals surface area contributed by atoms with Crippen molar-refractivity contribution in [1.29, 1.82) is 0 Å². The molecule has 28 heavy (non-hydrogen) atoms. The first kappa shape index (κ1) is 21.4. The summed E-state index contributed by atoms with van der Waals surface area (Å²) in [6.45, 7) is 6.59. The van der Waals surface area contributed by atoms with E-state index in [-0.39, 0.29) is 47.5 Å².